The number of carboxylic acid groups (broad SMARTS) is 2. The van der Waals surface area contributed by atoms with Crippen LogP contribution in [0.3, 0.4) is 0 Å². The maximum absolute atomic E-state index is 12.1. The van der Waals surface area contributed by atoms with Crippen LogP contribution in [-0.4, -0.2) is 76.5 Å². The van der Waals surface area contributed by atoms with E-state index in [0.717, 1.165) is 51.4 Å². The fourth-order valence-corrected chi connectivity index (χ4v) is 9.35. The summed E-state index contributed by atoms with van der Waals surface area (Å²) in [5.74, 6) is -4.84. The Labute approximate surface area is 361 Å². The van der Waals surface area contributed by atoms with E-state index >= 15 is 0 Å². The molecule has 0 amide bonds. The summed E-state index contributed by atoms with van der Waals surface area (Å²) in [6, 6.07) is 0. The summed E-state index contributed by atoms with van der Waals surface area (Å²) < 4.78 is 47.9. The molecule has 0 aliphatic heterocycles. The normalized spacial score (nSPS) is 12.4. The molecule has 11 nitrogen and oxygen atoms in total. The van der Waals surface area contributed by atoms with Crippen LogP contribution < -0.4 is 39.8 Å². The zero-order chi connectivity index (χ0) is 40.8. The van der Waals surface area contributed by atoms with Crippen molar-refractivity contribution in [3.05, 3.63) is 12.2 Å². The standard InChI is InChI=1S/C20H38O7S.2C8H17.C4H4O4.Na.Sn/c1-5-9-11-16(7-3)14-26-19(21)13-18(28(23,24)25)20(22)27-15-17(8-4)12-10-6-2;2*1-3-5-7-8-6-4-2;5-3(6)1-2-4(7)8;;/h16-18H,5-15H2,1-4H3,(H,23,24,25);2*1,3-8H2,2H3;1-2H,(H,5,6)(H,7,8);;/q;;;;+1;+2/p-3/b;;;2-1-;;. The van der Waals surface area contributed by atoms with Crippen LogP contribution >= 0.6 is 0 Å². The number of carbonyl (C=O) groups excluding carboxylic acids is 4. The van der Waals surface area contributed by atoms with Gasteiger partial charge in [0.05, 0.1) is 31.6 Å². The van der Waals surface area contributed by atoms with Crippen LogP contribution in [0.2, 0.25) is 8.87 Å². The summed E-state index contributed by atoms with van der Waals surface area (Å²) >= 11 is 0.0736. The number of carbonyl (C=O) groups is 4. The summed E-state index contributed by atoms with van der Waals surface area (Å²) in [4.78, 5) is 43.0. The Bertz CT molecular complexity index is 1010. The average Bonchev–Trinajstić information content (AvgIpc) is 3.11. The number of hydrogen-bond acceptors (Lipinski definition) is 11. The fraction of sp³-hybridized carbons (Fsp3) is 0.850. The van der Waals surface area contributed by atoms with E-state index in [-0.39, 0.29) is 75.7 Å². The number of rotatable bonds is 32. The quantitative estimate of drug-likeness (QED) is 0.0311. The summed E-state index contributed by atoms with van der Waals surface area (Å²) in [6.07, 6.45) is 25.2. The molecule has 0 aromatic carbocycles. The second-order valence-corrected chi connectivity index (χ2v) is 19.4. The minimum atomic E-state index is -5.01. The fourth-order valence-electron chi connectivity index (χ4n) is 5.14. The zero-order valence-corrected chi connectivity index (χ0v) is 40.6. The van der Waals surface area contributed by atoms with Crippen LogP contribution in [0.25, 0.3) is 0 Å². The molecule has 0 aliphatic carbocycles. The maximum Gasteiger partial charge on any atom is 1.00 e. The van der Waals surface area contributed by atoms with Gasteiger partial charge in [-0.25, -0.2) is 8.42 Å². The Kier molecular flexibility index (Phi) is 48.3. The number of carboxylic acids is 2. The second-order valence-electron chi connectivity index (χ2n) is 13.6. The second kappa shape index (κ2) is 43.5. The van der Waals surface area contributed by atoms with Gasteiger partial charge in [-0.15, -0.1) is 0 Å². The van der Waals surface area contributed by atoms with Gasteiger partial charge in [0.25, 0.3) is 0 Å². The molecule has 0 heterocycles. The van der Waals surface area contributed by atoms with E-state index in [1.165, 1.54) is 64.2 Å². The predicted octanol–water partition coefficient (Wildman–Crippen LogP) is 4.10. The van der Waals surface area contributed by atoms with Crippen molar-refractivity contribution in [2.24, 2.45) is 11.8 Å². The van der Waals surface area contributed by atoms with Gasteiger partial charge in [0, 0.05) is 0 Å². The minimum Gasteiger partial charge on any atom is -0.545 e. The number of ether oxygens (including phenoxy) is 2. The minimum absolute atomic E-state index is 0. The Hall–Kier alpha value is -0.671. The number of unbranched alkanes of at least 4 members (excludes halogenated alkanes) is 12. The van der Waals surface area contributed by atoms with Gasteiger partial charge in [0.15, 0.2) is 5.25 Å². The van der Waals surface area contributed by atoms with Gasteiger partial charge in [0.2, 0.25) is 0 Å². The van der Waals surface area contributed by atoms with E-state index in [9.17, 15) is 42.4 Å². The van der Waals surface area contributed by atoms with E-state index in [1.54, 1.807) is 21.7 Å². The molecule has 0 aromatic rings. The molecule has 3 atom stereocenters. The van der Waals surface area contributed by atoms with Gasteiger partial charge in [-0.3, -0.25) is 9.59 Å². The van der Waals surface area contributed by atoms with E-state index in [0.29, 0.717) is 12.2 Å². The summed E-state index contributed by atoms with van der Waals surface area (Å²) in [5.41, 5.74) is 0. The van der Waals surface area contributed by atoms with E-state index in [1.807, 2.05) is 13.8 Å². The Morgan fingerprint density at radius 1 is 0.593 bits per heavy atom. The molecule has 0 fully saturated rings. The first-order valence-electron chi connectivity index (χ1n) is 20.3. The molecule has 0 radical (unpaired) electrons. The Morgan fingerprint density at radius 2 is 0.963 bits per heavy atom. The molecule has 14 heteroatoms. The molecule has 0 rings (SSSR count). The van der Waals surface area contributed by atoms with Crippen molar-refractivity contribution in [2.45, 2.75) is 191 Å². The largest absolute Gasteiger partial charge is 1.00 e. The van der Waals surface area contributed by atoms with E-state index in [4.69, 9.17) is 9.47 Å². The van der Waals surface area contributed by atoms with Crippen molar-refractivity contribution in [2.75, 3.05) is 13.2 Å². The van der Waals surface area contributed by atoms with Gasteiger partial charge in [0.1, 0.15) is 10.1 Å². The van der Waals surface area contributed by atoms with Crippen LogP contribution in [0.5, 0.6) is 0 Å². The van der Waals surface area contributed by atoms with E-state index < -0.39 is 45.7 Å². The molecule has 310 valence electrons. The third-order valence-corrected chi connectivity index (χ3v) is 13.9. The molecular formula is C40H73NaO11SSn. The molecule has 0 bridgehead atoms. The van der Waals surface area contributed by atoms with Gasteiger partial charge in [-0.1, -0.05) is 66.2 Å². The molecule has 3 unspecified atom stereocenters. The Morgan fingerprint density at radius 3 is 1.31 bits per heavy atom. The number of hydrogen-bond donors (Lipinski definition) is 0. The Balaban J connectivity index is -0.000000406. The molecular weight excluding hydrogens is 830 g/mol. The number of esters is 2. The van der Waals surface area contributed by atoms with Crippen molar-refractivity contribution in [1.82, 2.24) is 0 Å². The maximum atomic E-state index is 12.1. The number of aliphatic carboxylic acids is 2. The van der Waals surface area contributed by atoms with Gasteiger partial charge in [-0.2, -0.15) is 0 Å². The van der Waals surface area contributed by atoms with Crippen molar-refractivity contribution in [3.63, 3.8) is 0 Å². The van der Waals surface area contributed by atoms with Gasteiger partial charge in [-0.05, 0) is 36.8 Å². The summed E-state index contributed by atoms with van der Waals surface area (Å²) in [5, 5.41) is 16.8. The SMILES string of the molecule is CCCCC(CC)COC(=O)CC(C(=O)OCC(CC)CCCC)S(=O)(=O)[O-].CCCCCCC[CH2][Sn+2][CH2]CCCCCCC.O=C([O-])/C=C\C(=O)[O-].[Na+]. The van der Waals surface area contributed by atoms with Crippen LogP contribution in [0, 0.1) is 11.8 Å². The van der Waals surface area contributed by atoms with Gasteiger partial charge >= 0.3 is 162 Å². The molecule has 0 aromatic heterocycles. The van der Waals surface area contributed by atoms with Crippen LogP contribution in [-0.2, 0) is 38.8 Å². The van der Waals surface area contributed by atoms with Crippen molar-refractivity contribution in [3.8, 4) is 0 Å². The summed E-state index contributed by atoms with van der Waals surface area (Å²) in [7, 11) is -5.01. The average molecular weight is 904 g/mol. The molecule has 0 saturated carbocycles. The van der Waals surface area contributed by atoms with E-state index in [2.05, 4.69) is 27.7 Å². The van der Waals surface area contributed by atoms with Crippen molar-refractivity contribution >= 4 is 55.1 Å². The smallest absolute Gasteiger partial charge is 0.545 e. The monoisotopic (exact) mass is 904 g/mol. The molecule has 0 spiro atoms. The molecule has 0 saturated heterocycles. The predicted molar refractivity (Wildman–Crippen MR) is 208 cm³/mol. The van der Waals surface area contributed by atoms with Crippen molar-refractivity contribution < 1.29 is 81.4 Å². The first-order chi connectivity index (χ1) is 25.2. The first kappa shape index (κ1) is 60.0. The third kappa shape index (κ3) is 44.0. The molecule has 0 N–H and O–H groups in total. The van der Waals surface area contributed by atoms with Crippen molar-refractivity contribution in [1.29, 1.82) is 0 Å². The third-order valence-electron chi connectivity index (χ3n) is 8.76. The van der Waals surface area contributed by atoms with Crippen LogP contribution in [0.15, 0.2) is 12.2 Å². The topological polar surface area (TPSA) is 190 Å². The van der Waals surface area contributed by atoms with Gasteiger partial charge < -0.3 is 33.8 Å². The zero-order valence-electron chi connectivity index (χ0n) is 35.0. The first-order valence-corrected chi connectivity index (χ1v) is 25.8. The van der Waals surface area contributed by atoms with Crippen LogP contribution in [0.1, 0.15) is 176 Å². The van der Waals surface area contributed by atoms with Crippen LogP contribution in [0.4, 0.5) is 0 Å². The molecule has 54 heavy (non-hydrogen) atoms. The summed E-state index contributed by atoms with van der Waals surface area (Å²) in [6.45, 7) is 12.9. The molecule has 0 aliphatic rings.